The Morgan fingerprint density at radius 3 is 2.20 bits per heavy atom. The van der Waals surface area contributed by atoms with Gasteiger partial charge in [-0.2, -0.15) is 0 Å². The smallest absolute Gasteiger partial charge is 0.269 e. The lowest BCUT2D eigenvalue weighted by molar-refractivity contribution is -0.384. The summed E-state index contributed by atoms with van der Waals surface area (Å²) in [6.45, 7) is 4.22. The van der Waals surface area contributed by atoms with Gasteiger partial charge in [0.15, 0.2) is 5.11 Å². The number of nitrogens with one attached hydrogen (secondary N) is 2. The summed E-state index contributed by atoms with van der Waals surface area (Å²) in [5, 5.41) is 17.5. The largest absolute Gasteiger partial charge is 0.497 e. The number of nitro benzene ring substituents is 1. The Labute approximate surface area is 152 Å². The van der Waals surface area contributed by atoms with Crippen LogP contribution in [0, 0.1) is 16.0 Å². The van der Waals surface area contributed by atoms with Crippen molar-refractivity contribution >= 4 is 28.7 Å². The lowest BCUT2D eigenvalue weighted by atomic mass is 9.96. The quantitative estimate of drug-likeness (QED) is 0.455. The van der Waals surface area contributed by atoms with E-state index in [1.807, 2.05) is 24.3 Å². The normalized spacial score (nSPS) is 11.7. The highest BCUT2D eigenvalue weighted by atomic mass is 32.1. The van der Waals surface area contributed by atoms with Gasteiger partial charge in [0, 0.05) is 17.8 Å². The van der Waals surface area contributed by atoms with Gasteiger partial charge in [-0.3, -0.25) is 10.1 Å². The number of ether oxygens (including phenoxy) is 1. The van der Waals surface area contributed by atoms with Crippen LogP contribution in [0.25, 0.3) is 0 Å². The van der Waals surface area contributed by atoms with E-state index in [0.717, 1.165) is 11.3 Å². The van der Waals surface area contributed by atoms with E-state index in [1.165, 1.54) is 12.1 Å². The van der Waals surface area contributed by atoms with E-state index >= 15 is 0 Å². The first-order valence-corrected chi connectivity index (χ1v) is 8.27. The number of benzene rings is 2. The molecule has 0 bridgehead atoms. The fraction of sp³-hybridized carbons (Fsp3) is 0.278. The molecule has 25 heavy (non-hydrogen) atoms. The summed E-state index contributed by atoms with van der Waals surface area (Å²) in [5.74, 6) is 1.11. The van der Waals surface area contributed by atoms with Gasteiger partial charge in [0.1, 0.15) is 5.75 Å². The molecule has 0 aliphatic heterocycles. The zero-order valence-corrected chi connectivity index (χ0v) is 15.2. The minimum atomic E-state index is -0.432. The molecule has 0 radical (unpaired) electrons. The van der Waals surface area contributed by atoms with Crippen LogP contribution in [0.3, 0.4) is 0 Å². The topological polar surface area (TPSA) is 76.4 Å². The predicted octanol–water partition coefficient (Wildman–Crippen LogP) is 4.29. The highest BCUT2D eigenvalue weighted by Gasteiger charge is 2.17. The second-order valence-electron chi connectivity index (χ2n) is 5.90. The number of methoxy groups -OCH3 is 1. The molecule has 0 fully saturated rings. The minimum absolute atomic E-state index is 0.0314. The number of nitrogens with zero attached hydrogens (tertiary/aromatic N) is 1. The van der Waals surface area contributed by atoms with Gasteiger partial charge < -0.3 is 15.4 Å². The van der Waals surface area contributed by atoms with E-state index in [9.17, 15) is 10.1 Å². The Morgan fingerprint density at radius 1 is 1.12 bits per heavy atom. The van der Waals surface area contributed by atoms with Crippen LogP contribution < -0.4 is 15.4 Å². The van der Waals surface area contributed by atoms with Gasteiger partial charge in [-0.15, -0.1) is 0 Å². The molecule has 0 unspecified atom stereocenters. The maximum atomic E-state index is 10.7. The van der Waals surface area contributed by atoms with Gasteiger partial charge >= 0.3 is 0 Å². The van der Waals surface area contributed by atoms with Crippen molar-refractivity contribution in [2.24, 2.45) is 5.92 Å². The molecule has 6 nitrogen and oxygen atoms in total. The molecule has 0 saturated carbocycles. The molecule has 0 spiro atoms. The van der Waals surface area contributed by atoms with Crippen LogP contribution in [0.15, 0.2) is 48.5 Å². The number of non-ortho nitro benzene ring substituents is 1. The number of hydrogen-bond donors (Lipinski definition) is 2. The summed E-state index contributed by atoms with van der Waals surface area (Å²) < 4.78 is 5.19. The molecule has 7 heteroatoms. The van der Waals surface area contributed by atoms with E-state index < -0.39 is 4.92 Å². The van der Waals surface area contributed by atoms with Gasteiger partial charge in [0.25, 0.3) is 5.69 Å². The van der Waals surface area contributed by atoms with E-state index in [2.05, 4.69) is 24.5 Å². The second-order valence-corrected chi connectivity index (χ2v) is 6.31. The van der Waals surface area contributed by atoms with Gasteiger partial charge in [0.2, 0.25) is 0 Å². The Balaban J connectivity index is 2.05. The Kier molecular flexibility index (Phi) is 6.30. The molecule has 0 aliphatic carbocycles. The van der Waals surface area contributed by atoms with Gasteiger partial charge in [-0.25, -0.2) is 0 Å². The molecular formula is C18H21N3O3S. The first-order chi connectivity index (χ1) is 11.9. The number of thiocarbonyl (C=S) groups is 1. The standard InChI is InChI=1S/C18H21N3O3S/c1-12(2)17(13-4-10-16(24-3)11-5-13)20-18(25)19-14-6-8-15(9-7-14)21(22)23/h4-12,17H,1-3H3,(H2,19,20,25)/t17-/m1/s1. The molecule has 0 aliphatic rings. The van der Waals surface area contributed by atoms with Crippen molar-refractivity contribution in [1.82, 2.24) is 5.32 Å². The minimum Gasteiger partial charge on any atom is -0.497 e. The third kappa shape index (κ3) is 5.15. The summed E-state index contributed by atoms with van der Waals surface area (Å²) in [4.78, 5) is 10.3. The fourth-order valence-electron chi connectivity index (χ4n) is 2.42. The molecular weight excluding hydrogens is 338 g/mol. The predicted molar refractivity (Wildman–Crippen MR) is 103 cm³/mol. The number of anilines is 1. The SMILES string of the molecule is COc1ccc([C@H](NC(=S)Nc2ccc([N+](=O)[O-])cc2)C(C)C)cc1. The van der Waals surface area contributed by atoms with E-state index in [4.69, 9.17) is 17.0 Å². The highest BCUT2D eigenvalue weighted by Crippen LogP contribution is 2.24. The first-order valence-electron chi connectivity index (χ1n) is 7.86. The molecule has 2 N–H and O–H groups in total. The highest BCUT2D eigenvalue weighted by molar-refractivity contribution is 7.80. The number of nitro groups is 1. The zero-order valence-electron chi connectivity index (χ0n) is 14.4. The van der Waals surface area contributed by atoms with Crippen molar-refractivity contribution < 1.29 is 9.66 Å². The molecule has 132 valence electrons. The number of rotatable bonds is 6. The Hall–Kier alpha value is -2.67. The van der Waals surface area contributed by atoms with Crippen LogP contribution in [0.2, 0.25) is 0 Å². The van der Waals surface area contributed by atoms with Crippen molar-refractivity contribution in [3.63, 3.8) is 0 Å². The van der Waals surface area contributed by atoms with Crippen molar-refractivity contribution in [2.45, 2.75) is 19.9 Å². The molecule has 0 aromatic heterocycles. The van der Waals surface area contributed by atoms with Crippen LogP contribution in [0.1, 0.15) is 25.5 Å². The Morgan fingerprint density at radius 2 is 1.72 bits per heavy atom. The van der Waals surface area contributed by atoms with E-state index in [1.54, 1.807) is 19.2 Å². The third-order valence-corrected chi connectivity index (χ3v) is 3.98. The third-order valence-electron chi connectivity index (χ3n) is 3.76. The van der Waals surface area contributed by atoms with Crippen LogP contribution in [-0.2, 0) is 0 Å². The average Bonchev–Trinajstić information content (AvgIpc) is 2.60. The van der Waals surface area contributed by atoms with Gasteiger partial charge in [-0.05, 0) is 48.0 Å². The molecule has 2 rings (SSSR count). The first kappa shape index (κ1) is 18.7. The van der Waals surface area contributed by atoms with Crippen molar-refractivity contribution in [1.29, 1.82) is 0 Å². The lowest BCUT2D eigenvalue weighted by Crippen LogP contribution is -2.34. The van der Waals surface area contributed by atoms with Crippen molar-refractivity contribution in [3.05, 3.63) is 64.2 Å². The molecule has 0 heterocycles. The lowest BCUT2D eigenvalue weighted by Gasteiger charge is -2.25. The van der Waals surface area contributed by atoms with Crippen LogP contribution in [0.5, 0.6) is 5.75 Å². The molecule has 1 atom stereocenters. The number of hydrogen-bond acceptors (Lipinski definition) is 4. The van der Waals surface area contributed by atoms with Crippen LogP contribution >= 0.6 is 12.2 Å². The average molecular weight is 359 g/mol. The Bertz CT molecular complexity index is 730. The zero-order chi connectivity index (χ0) is 18.4. The van der Waals surface area contributed by atoms with E-state index in [-0.39, 0.29) is 11.7 Å². The van der Waals surface area contributed by atoms with Gasteiger partial charge in [-0.1, -0.05) is 26.0 Å². The maximum absolute atomic E-state index is 10.7. The summed E-state index contributed by atoms with van der Waals surface area (Å²) in [7, 11) is 1.64. The van der Waals surface area contributed by atoms with Crippen LogP contribution in [-0.4, -0.2) is 17.1 Å². The molecule has 0 saturated heterocycles. The van der Waals surface area contributed by atoms with Crippen LogP contribution in [0.4, 0.5) is 11.4 Å². The van der Waals surface area contributed by atoms with E-state index in [0.29, 0.717) is 16.7 Å². The summed E-state index contributed by atoms with van der Waals surface area (Å²) >= 11 is 5.38. The summed E-state index contributed by atoms with van der Waals surface area (Å²) in [6.07, 6.45) is 0. The monoisotopic (exact) mass is 359 g/mol. The summed E-state index contributed by atoms with van der Waals surface area (Å²) in [5.41, 5.74) is 1.84. The second kappa shape index (κ2) is 8.43. The van der Waals surface area contributed by atoms with Crippen molar-refractivity contribution in [2.75, 3.05) is 12.4 Å². The van der Waals surface area contributed by atoms with Gasteiger partial charge in [0.05, 0.1) is 18.1 Å². The van der Waals surface area contributed by atoms with Crippen molar-refractivity contribution in [3.8, 4) is 5.75 Å². The maximum Gasteiger partial charge on any atom is 0.269 e. The molecule has 2 aromatic rings. The fourth-order valence-corrected chi connectivity index (χ4v) is 2.67. The summed E-state index contributed by atoms with van der Waals surface area (Å²) in [6, 6.07) is 14.0. The molecule has 2 aromatic carbocycles. The molecule has 0 amide bonds.